The molecule has 36 heavy (non-hydrogen) atoms. The highest BCUT2D eigenvalue weighted by Gasteiger charge is 2.09. The molecule has 0 spiro atoms. The van der Waals surface area contributed by atoms with Gasteiger partial charge in [-0.05, 0) is 25.7 Å². The number of aliphatic hydroxyl groups is 1. The summed E-state index contributed by atoms with van der Waals surface area (Å²) in [5, 5.41) is 9.85. The minimum Gasteiger partial charge on any atom is -0.393 e. The molecule has 214 valence electrons. The number of hydrogen-bond acceptors (Lipinski definition) is 3. The van der Waals surface area contributed by atoms with Crippen LogP contribution in [0.1, 0.15) is 194 Å². The molecule has 3 nitrogen and oxygen atoms in total. The minimum atomic E-state index is -0.154. The summed E-state index contributed by atoms with van der Waals surface area (Å²) in [5.74, 6) is 0.259. The standard InChI is InChI=1S/C33H64O3/c1-3-5-7-8-9-10-11-12-13-14-15-16-17-18-19-20-24-28-32(35)30-33(36)29-25-22-21-23-27-31(34)26-6-4-2/h31,34H,3-30H2,1-2H3. The fourth-order valence-electron chi connectivity index (χ4n) is 5.08. The van der Waals surface area contributed by atoms with Crippen molar-refractivity contribution >= 4 is 11.6 Å². The maximum atomic E-state index is 12.1. The van der Waals surface area contributed by atoms with E-state index >= 15 is 0 Å². The van der Waals surface area contributed by atoms with Crippen LogP contribution in [0.15, 0.2) is 0 Å². The summed E-state index contributed by atoms with van der Waals surface area (Å²) in [7, 11) is 0. The summed E-state index contributed by atoms with van der Waals surface area (Å²) in [4.78, 5) is 24.1. The van der Waals surface area contributed by atoms with Gasteiger partial charge in [-0.1, -0.05) is 149 Å². The molecule has 1 atom stereocenters. The average Bonchev–Trinajstić information content (AvgIpc) is 2.86. The van der Waals surface area contributed by atoms with E-state index in [-0.39, 0.29) is 24.1 Å². The molecule has 0 rings (SSSR count). The van der Waals surface area contributed by atoms with E-state index < -0.39 is 0 Å². The Balaban J connectivity index is 3.32. The summed E-state index contributed by atoms with van der Waals surface area (Å²) < 4.78 is 0. The molecule has 1 unspecified atom stereocenters. The van der Waals surface area contributed by atoms with Gasteiger partial charge in [0.2, 0.25) is 0 Å². The third kappa shape index (κ3) is 27.9. The smallest absolute Gasteiger partial charge is 0.140 e. The fourth-order valence-corrected chi connectivity index (χ4v) is 5.08. The van der Waals surface area contributed by atoms with E-state index in [1.165, 1.54) is 96.3 Å². The molecule has 0 heterocycles. The van der Waals surface area contributed by atoms with Gasteiger partial charge < -0.3 is 5.11 Å². The molecule has 0 radical (unpaired) electrons. The number of aliphatic hydroxyl groups excluding tert-OH is 1. The molecule has 3 heteroatoms. The van der Waals surface area contributed by atoms with Gasteiger partial charge in [0, 0.05) is 12.8 Å². The third-order valence-corrected chi connectivity index (χ3v) is 7.59. The molecule has 0 saturated heterocycles. The van der Waals surface area contributed by atoms with Crippen molar-refractivity contribution < 1.29 is 14.7 Å². The molecule has 0 aromatic heterocycles. The molecule has 0 aliphatic carbocycles. The summed E-state index contributed by atoms with van der Waals surface area (Å²) in [6.07, 6.45) is 32.0. The number of unbranched alkanes of at least 4 members (excludes halogenated alkanes) is 20. The second-order valence-corrected chi connectivity index (χ2v) is 11.4. The van der Waals surface area contributed by atoms with Crippen molar-refractivity contribution in [2.75, 3.05) is 0 Å². The Morgan fingerprint density at radius 3 is 1.14 bits per heavy atom. The van der Waals surface area contributed by atoms with Crippen molar-refractivity contribution in [2.24, 2.45) is 0 Å². The molecule has 0 fully saturated rings. The van der Waals surface area contributed by atoms with E-state index in [1.807, 2.05) is 0 Å². The van der Waals surface area contributed by atoms with Crippen LogP contribution in [0.25, 0.3) is 0 Å². The van der Waals surface area contributed by atoms with Gasteiger partial charge in [0.15, 0.2) is 0 Å². The lowest BCUT2D eigenvalue weighted by Crippen LogP contribution is -2.08. The van der Waals surface area contributed by atoms with Gasteiger partial charge >= 0.3 is 0 Å². The van der Waals surface area contributed by atoms with E-state index in [9.17, 15) is 14.7 Å². The van der Waals surface area contributed by atoms with Gasteiger partial charge in [0.1, 0.15) is 11.6 Å². The first-order chi connectivity index (χ1) is 17.6. The van der Waals surface area contributed by atoms with Gasteiger partial charge in [-0.2, -0.15) is 0 Å². The van der Waals surface area contributed by atoms with Crippen LogP contribution in [0.2, 0.25) is 0 Å². The Hall–Kier alpha value is -0.700. The SMILES string of the molecule is CCCCCCCCCCCCCCCCCCCC(=O)CC(=O)CCCCCCC(O)CCCC. The second-order valence-electron chi connectivity index (χ2n) is 11.4. The normalized spacial score (nSPS) is 12.2. The van der Waals surface area contributed by atoms with Crippen molar-refractivity contribution in [2.45, 2.75) is 200 Å². The summed E-state index contributed by atoms with van der Waals surface area (Å²) in [5.41, 5.74) is 0. The van der Waals surface area contributed by atoms with E-state index in [2.05, 4.69) is 13.8 Å². The lowest BCUT2D eigenvalue weighted by Gasteiger charge is -2.09. The van der Waals surface area contributed by atoms with Crippen LogP contribution in [-0.4, -0.2) is 22.8 Å². The first-order valence-electron chi connectivity index (χ1n) is 16.3. The molecule has 0 aliphatic rings. The third-order valence-electron chi connectivity index (χ3n) is 7.59. The van der Waals surface area contributed by atoms with Crippen molar-refractivity contribution in [3.8, 4) is 0 Å². The highest BCUT2D eigenvalue weighted by molar-refractivity contribution is 5.98. The first-order valence-corrected chi connectivity index (χ1v) is 16.3. The summed E-state index contributed by atoms with van der Waals surface area (Å²) in [6.45, 7) is 4.43. The zero-order valence-corrected chi connectivity index (χ0v) is 24.6. The number of carbonyl (C=O) groups is 2. The molecule has 0 bridgehead atoms. The summed E-state index contributed by atoms with van der Waals surface area (Å²) >= 11 is 0. The second kappa shape index (κ2) is 28.9. The van der Waals surface area contributed by atoms with Gasteiger partial charge in [-0.3, -0.25) is 9.59 Å². The van der Waals surface area contributed by atoms with Crippen LogP contribution >= 0.6 is 0 Å². The Morgan fingerprint density at radius 1 is 0.444 bits per heavy atom. The van der Waals surface area contributed by atoms with Crippen LogP contribution in [0.5, 0.6) is 0 Å². The topological polar surface area (TPSA) is 54.4 Å². The Kier molecular flexibility index (Phi) is 28.3. The first kappa shape index (κ1) is 35.3. The number of hydrogen-bond donors (Lipinski definition) is 1. The highest BCUT2D eigenvalue weighted by atomic mass is 16.3. The quantitative estimate of drug-likeness (QED) is 0.0775. The zero-order valence-electron chi connectivity index (χ0n) is 24.6. The van der Waals surface area contributed by atoms with Crippen LogP contribution in [-0.2, 0) is 9.59 Å². The van der Waals surface area contributed by atoms with Crippen LogP contribution in [0.3, 0.4) is 0 Å². The van der Waals surface area contributed by atoms with Crippen LogP contribution in [0, 0.1) is 0 Å². The molecular formula is C33H64O3. The fraction of sp³-hybridized carbons (Fsp3) is 0.939. The number of carbonyl (C=O) groups excluding carboxylic acids is 2. The number of ketones is 2. The predicted molar refractivity (Wildman–Crippen MR) is 157 cm³/mol. The van der Waals surface area contributed by atoms with Gasteiger partial charge in [0.25, 0.3) is 0 Å². The maximum absolute atomic E-state index is 12.1. The highest BCUT2D eigenvalue weighted by Crippen LogP contribution is 2.15. The monoisotopic (exact) mass is 508 g/mol. The predicted octanol–water partition coefficient (Wildman–Crippen LogP) is 10.4. The molecule has 0 amide bonds. The lowest BCUT2D eigenvalue weighted by molar-refractivity contribution is -0.127. The van der Waals surface area contributed by atoms with E-state index in [0.717, 1.165) is 64.2 Å². The van der Waals surface area contributed by atoms with Gasteiger partial charge in [0.05, 0.1) is 12.5 Å². The molecular weight excluding hydrogens is 444 g/mol. The minimum absolute atomic E-state index is 0.120. The lowest BCUT2D eigenvalue weighted by atomic mass is 10.0. The van der Waals surface area contributed by atoms with Crippen molar-refractivity contribution in [3.63, 3.8) is 0 Å². The summed E-state index contributed by atoms with van der Waals surface area (Å²) in [6, 6.07) is 0. The number of rotatable bonds is 30. The zero-order chi connectivity index (χ0) is 26.5. The largest absolute Gasteiger partial charge is 0.393 e. The van der Waals surface area contributed by atoms with E-state index in [0.29, 0.717) is 12.8 Å². The van der Waals surface area contributed by atoms with E-state index in [4.69, 9.17) is 0 Å². The van der Waals surface area contributed by atoms with E-state index in [1.54, 1.807) is 0 Å². The molecule has 0 aromatic carbocycles. The van der Waals surface area contributed by atoms with Crippen LogP contribution < -0.4 is 0 Å². The van der Waals surface area contributed by atoms with Gasteiger partial charge in [-0.25, -0.2) is 0 Å². The Labute approximate surface area is 226 Å². The molecule has 0 saturated carbocycles. The van der Waals surface area contributed by atoms with Crippen molar-refractivity contribution in [1.82, 2.24) is 0 Å². The maximum Gasteiger partial charge on any atom is 0.140 e. The van der Waals surface area contributed by atoms with Crippen molar-refractivity contribution in [1.29, 1.82) is 0 Å². The van der Waals surface area contributed by atoms with Crippen molar-refractivity contribution in [3.05, 3.63) is 0 Å². The molecule has 1 N–H and O–H groups in total. The number of Topliss-reactive ketones (excluding diaryl/α,β-unsaturated/α-hetero) is 2. The Morgan fingerprint density at radius 2 is 0.750 bits per heavy atom. The van der Waals surface area contributed by atoms with Crippen LogP contribution in [0.4, 0.5) is 0 Å². The molecule has 0 aromatic rings. The van der Waals surface area contributed by atoms with Gasteiger partial charge in [-0.15, -0.1) is 0 Å². The Bertz CT molecular complexity index is 474. The molecule has 0 aliphatic heterocycles. The average molecular weight is 509 g/mol.